The lowest BCUT2D eigenvalue weighted by Crippen LogP contribution is -2.55. The van der Waals surface area contributed by atoms with Gasteiger partial charge < -0.3 is 26.8 Å². The highest BCUT2D eigenvalue weighted by Crippen LogP contribution is 2.21. The normalized spacial score (nSPS) is 13.6. The van der Waals surface area contributed by atoms with E-state index in [0.29, 0.717) is 30.4 Å². The van der Waals surface area contributed by atoms with E-state index >= 15 is 0 Å². The lowest BCUT2D eigenvalue weighted by Gasteiger charge is -2.29. The minimum absolute atomic E-state index is 0.0106. The zero-order valence-electron chi connectivity index (χ0n) is 34.3. The Morgan fingerprint density at radius 3 is 1.55 bits per heavy atom. The standard InChI is InChI=1S/C50H56N4O6/c1-34(2)29-44(50(60)53-43(48(51)58)32-38-19-11-5-12-20-38)54-49(59)41(30-36-15-7-3-8-16-36)33-45(55)42(31-37-17-9-4-10-18-37)52-46(56)28-25-35-23-26-40(27-24-35)47(57)39-21-13-6-14-22-39/h3-24,26-27,34,41-45,55H,25,28-33H2,1-2H3,(H2,51,58)(H,52,56)(H,53,60)(H,54,59)/t41-,42+,43?,44+,45-/m1/s1. The van der Waals surface area contributed by atoms with Gasteiger partial charge in [-0.15, -0.1) is 0 Å². The Bertz CT molecular complexity index is 2130. The summed E-state index contributed by atoms with van der Waals surface area (Å²) in [6, 6.07) is 41.7. The van der Waals surface area contributed by atoms with Gasteiger partial charge in [0.05, 0.1) is 12.1 Å². The SMILES string of the molecule is CC(C)C[C@H](NC(=O)[C@H](Cc1ccccc1)C[C@@H](O)[C@H](Cc1ccccc1)NC(=O)CCc1ccc(C(=O)c2ccccc2)cc1)C(=O)NC(Cc1ccccc1)C(N)=O. The third-order valence-corrected chi connectivity index (χ3v) is 10.5. The van der Waals surface area contributed by atoms with E-state index < -0.39 is 47.9 Å². The molecule has 1 unspecified atom stereocenters. The van der Waals surface area contributed by atoms with Gasteiger partial charge in [-0.1, -0.05) is 159 Å². The van der Waals surface area contributed by atoms with Crippen LogP contribution in [0.1, 0.15) is 71.3 Å². The van der Waals surface area contributed by atoms with E-state index in [2.05, 4.69) is 16.0 Å². The second-order valence-electron chi connectivity index (χ2n) is 15.8. The molecule has 10 nitrogen and oxygen atoms in total. The molecule has 5 rings (SSSR count). The monoisotopic (exact) mass is 808 g/mol. The molecule has 0 aromatic heterocycles. The summed E-state index contributed by atoms with van der Waals surface area (Å²) in [6.45, 7) is 3.87. The van der Waals surface area contributed by atoms with E-state index in [1.807, 2.05) is 135 Å². The summed E-state index contributed by atoms with van der Waals surface area (Å²) in [7, 11) is 0. The first kappa shape index (κ1) is 44.7. The van der Waals surface area contributed by atoms with Gasteiger partial charge in [-0.2, -0.15) is 0 Å². The number of aryl methyl sites for hydroxylation is 1. The molecule has 0 saturated heterocycles. The fourth-order valence-corrected chi connectivity index (χ4v) is 7.24. The third-order valence-electron chi connectivity index (χ3n) is 10.5. The molecular weight excluding hydrogens is 753 g/mol. The van der Waals surface area contributed by atoms with Gasteiger partial charge in [0, 0.05) is 29.9 Å². The fourth-order valence-electron chi connectivity index (χ4n) is 7.24. The molecule has 0 fully saturated rings. The van der Waals surface area contributed by atoms with Crippen molar-refractivity contribution in [1.29, 1.82) is 0 Å². The summed E-state index contributed by atoms with van der Waals surface area (Å²) in [4.78, 5) is 66.9. The lowest BCUT2D eigenvalue weighted by atomic mass is 9.88. The number of carbonyl (C=O) groups is 5. The number of aliphatic hydroxyl groups excluding tert-OH is 1. The first-order valence-corrected chi connectivity index (χ1v) is 20.6. The minimum atomic E-state index is -1.14. The van der Waals surface area contributed by atoms with E-state index in [-0.39, 0.29) is 43.3 Å². The smallest absolute Gasteiger partial charge is 0.243 e. The summed E-state index contributed by atoms with van der Waals surface area (Å²) in [6.07, 6.45) is 0.491. The molecule has 0 saturated carbocycles. The highest BCUT2D eigenvalue weighted by molar-refractivity contribution is 6.09. The van der Waals surface area contributed by atoms with Crippen LogP contribution in [-0.2, 0) is 44.9 Å². The number of primary amides is 1. The first-order valence-electron chi connectivity index (χ1n) is 20.6. The van der Waals surface area contributed by atoms with Gasteiger partial charge in [0.25, 0.3) is 0 Å². The molecule has 0 spiro atoms. The maximum absolute atomic E-state index is 14.3. The minimum Gasteiger partial charge on any atom is -0.391 e. The highest BCUT2D eigenvalue weighted by atomic mass is 16.3. The summed E-state index contributed by atoms with van der Waals surface area (Å²) in [5, 5.41) is 20.7. The molecule has 0 radical (unpaired) electrons. The predicted octanol–water partition coefficient (Wildman–Crippen LogP) is 5.93. The third kappa shape index (κ3) is 14.2. The van der Waals surface area contributed by atoms with Crippen LogP contribution in [0.15, 0.2) is 146 Å². The number of aliphatic hydroxyl groups is 1. The van der Waals surface area contributed by atoms with Crippen molar-refractivity contribution < 1.29 is 29.1 Å². The lowest BCUT2D eigenvalue weighted by molar-refractivity contribution is -0.133. The van der Waals surface area contributed by atoms with E-state index in [4.69, 9.17) is 5.73 Å². The zero-order chi connectivity index (χ0) is 42.9. The van der Waals surface area contributed by atoms with Crippen LogP contribution in [0.3, 0.4) is 0 Å². The molecule has 0 heterocycles. The molecule has 0 aliphatic rings. The van der Waals surface area contributed by atoms with Crippen molar-refractivity contribution in [3.63, 3.8) is 0 Å². The van der Waals surface area contributed by atoms with E-state index in [1.54, 1.807) is 24.3 Å². The van der Waals surface area contributed by atoms with Gasteiger partial charge >= 0.3 is 0 Å². The quantitative estimate of drug-likeness (QED) is 0.0544. The number of hydrogen-bond donors (Lipinski definition) is 5. The summed E-state index contributed by atoms with van der Waals surface area (Å²) in [5.41, 5.74) is 10.4. The molecule has 5 aromatic rings. The second kappa shape index (κ2) is 22.7. The Morgan fingerprint density at radius 1 is 0.533 bits per heavy atom. The molecule has 0 bridgehead atoms. The molecule has 4 amide bonds. The van der Waals surface area contributed by atoms with Crippen molar-refractivity contribution >= 4 is 29.4 Å². The summed E-state index contributed by atoms with van der Waals surface area (Å²) >= 11 is 0. The van der Waals surface area contributed by atoms with E-state index in [9.17, 15) is 29.1 Å². The van der Waals surface area contributed by atoms with Gasteiger partial charge in [-0.25, -0.2) is 0 Å². The van der Waals surface area contributed by atoms with Crippen molar-refractivity contribution in [3.8, 4) is 0 Å². The number of benzene rings is 5. The van der Waals surface area contributed by atoms with Crippen LogP contribution in [0.5, 0.6) is 0 Å². The van der Waals surface area contributed by atoms with Gasteiger partial charge in [0.2, 0.25) is 23.6 Å². The van der Waals surface area contributed by atoms with Gasteiger partial charge in [-0.05, 0) is 60.3 Å². The zero-order valence-corrected chi connectivity index (χ0v) is 34.3. The van der Waals surface area contributed by atoms with Crippen LogP contribution in [0, 0.1) is 11.8 Å². The fraction of sp³-hybridized carbons (Fsp3) is 0.300. The Hall–Kier alpha value is -6.39. The van der Waals surface area contributed by atoms with Crippen LogP contribution < -0.4 is 21.7 Å². The molecule has 0 aliphatic heterocycles. The van der Waals surface area contributed by atoms with Gasteiger partial charge in [-0.3, -0.25) is 24.0 Å². The molecule has 0 aliphatic carbocycles. The van der Waals surface area contributed by atoms with Crippen molar-refractivity contribution in [3.05, 3.63) is 179 Å². The van der Waals surface area contributed by atoms with Crippen molar-refractivity contribution in [2.24, 2.45) is 17.6 Å². The average Bonchev–Trinajstić information content (AvgIpc) is 3.25. The second-order valence-corrected chi connectivity index (χ2v) is 15.8. The average molecular weight is 809 g/mol. The summed E-state index contributed by atoms with van der Waals surface area (Å²) in [5.74, 6) is -2.76. The number of amides is 4. The summed E-state index contributed by atoms with van der Waals surface area (Å²) < 4.78 is 0. The number of carbonyl (C=O) groups excluding carboxylic acids is 5. The number of rotatable bonds is 22. The van der Waals surface area contributed by atoms with Crippen LogP contribution in [0.25, 0.3) is 0 Å². The van der Waals surface area contributed by atoms with Crippen LogP contribution in [0.4, 0.5) is 0 Å². The maximum Gasteiger partial charge on any atom is 0.243 e. The maximum atomic E-state index is 14.3. The topological polar surface area (TPSA) is 168 Å². The molecule has 6 N–H and O–H groups in total. The molecular formula is C50H56N4O6. The van der Waals surface area contributed by atoms with Gasteiger partial charge in [0.1, 0.15) is 12.1 Å². The largest absolute Gasteiger partial charge is 0.391 e. The molecule has 10 heteroatoms. The molecule has 60 heavy (non-hydrogen) atoms. The Balaban J connectivity index is 1.29. The van der Waals surface area contributed by atoms with Crippen LogP contribution in [0.2, 0.25) is 0 Å². The number of nitrogens with one attached hydrogen (secondary N) is 3. The Morgan fingerprint density at radius 2 is 1.02 bits per heavy atom. The van der Waals surface area contributed by atoms with E-state index in [1.165, 1.54) is 0 Å². The predicted molar refractivity (Wildman–Crippen MR) is 234 cm³/mol. The number of hydrogen-bond acceptors (Lipinski definition) is 6. The Kier molecular flexibility index (Phi) is 16.9. The van der Waals surface area contributed by atoms with Crippen molar-refractivity contribution in [1.82, 2.24) is 16.0 Å². The molecule has 312 valence electrons. The number of nitrogens with two attached hydrogens (primary N) is 1. The van der Waals surface area contributed by atoms with Gasteiger partial charge in [0.15, 0.2) is 5.78 Å². The van der Waals surface area contributed by atoms with Crippen molar-refractivity contribution in [2.45, 2.75) is 83.0 Å². The molecule has 5 atom stereocenters. The molecule has 5 aromatic carbocycles. The van der Waals surface area contributed by atoms with Crippen LogP contribution >= 0.6 is 0 Å². The Labute approximate surface area is 353 Å². The number of ketones is 1. The van der Waals surface area contributed by atoms with E-state index in [0.717, 1.165) is 22.3 Å². The first-order chi connectivity index (χ1) is 28.9. The highest BCUT2D eigenvalue weighted by Gasteiger charge is 2.32. The van der Waals surface area contributed by atoms with Crippen molar-refractivity contribution in [2.75, 3.05) is 0 Å². The van der Waals surface area contributed by atoms with Crippen LogP contribution in [-0.4, -0.2) is 58.7 Å².